The van der Waals surface area contributed by atoms with E-state index in [1.165, 1.54) is 6.42 Å². The van der Waals surface area contributed by atoms with E-state index in [0.717, 1.165) is 55.5 Å². The maximum atomic E-state index is 13.2. The number of aromatic hydroxyl groups is 1. The van der Waals surface area contributed by atoms with Crippen molar-refractivity contribution in [3.63, 3.8) is 0 Å². The number of nitrogens with one attached hydrogen (secondary N) is 1. The summed E-state index contributed by atoms with van der Waals surface area (Å²) in [6.07, 6.45) is 7.18. The van der Waals surface area contributed by atoms with E-state index in [2.05, 4.69) is 5.32 Å². The van der Waals surface area contributed by atoms with Crippen LogP contribution in [0.5, 0.6) is 5.75 Å². The minimum atomic E-state index is -0.493. The highest BCUT2D eigenvalue weighted by molar-refractivity contribution is 6.03. The molecule has 0 amide bonds. The van der Waals surface area contributed by atoms with Crippen molar-refractivity contribution < 1.29 is 19.4 Å². The van der Waals surface area contributed by atoms with Crippen LogP contribution in [0.2, 0.25) is 0 Å². The van der Waals surface area contributed by atoms with Crippen molar-refractivity contribution in [1.29, 1.82) is 0 Å². The number of benzene rings is 1. The normalized spacial score (nSPS) is 23.3. The predicted molar refractivity (Wildman–Crippen MR) is 106 cm³/mol. The quantitative estimate of drug-likeness (QED) is 0.766. The molecule has 2 N–H and O–H groups in total. The molecule has 0 aromatic heterocycles. The number of esters is 1. The summed E-state index contributed by atoms with van der Waals surface area (Å²) in [5.74, 6) is -0.654. The topological polar surface area (TPSA) is 75.6 Å². The van der Waals surface area contributed by atoms with Gasteiger partial charge in [0.25, 0.3) is 0 Å². The first kappa shape index (κ1) is 18.8. The molecule has 1 aromatic carbocycles. The number of phenolic OH excluding ortho intramolecular Hbond substituents is 1. The van der Waals surface area contributed by atoms with E-state index in [9.17, 15) is 14.7 Å². The van der Waals surface area contributed by atoms with Gasteiger partial charge in [-0.3, -0.25) is 4.79 Å². The Balaban J connectivity index is 1.74. The van der Waals surface area contributed by atoms with Crippen LogP contribution in [0.25, 0.3) is 0 Å². The maximum Gasteiger partial charge on any atom is 0.337 e. The molecule has 2 aliphatic carbocycles. The van der Waals surface area contributed by atoms with Gasteiger partial charge in [0.05, 0.1) is 5.57 Å². The summed E-state index contributed by atoms with van der Waals surface area (Å²) in [5.41, 5.74) is 3.53. The summed E-state index contributed by atoms with van der Waals surface area (Å²) in [6, 6.07) is 6.85. The molecule has 1 saturated carbocycles. The number of hydrogen-bond donors (Lipinski definition) is 2. The van der Waals surface area contributed by atoms with Gasteiger partial charge < -0.3 is 15.2 Å². The zero-order chi connectivity index (χ0) is 19.7. The lowest BCUT2D eigenvalue weighted by Gasteiger charge is -2.35. The van der Waals surface area contributed by atoms with Crippen LogP contribution >= 0.6 is 0 Å². The number of carbonyl (C=O) groups excluding carboxylic acids is 2. The fourth-order valence-corrected chi connectivity index (χ4v) is 4.69. The van der Waals surface area contributed by atoms with Crippen molar-refractivity contribution in [1.82, 2.24) is 5.32 Å². The molecular formula is C23H27NO4. The van der Waals surface area contributed by atoms with Crippen molar-refractivity contribution in [2.45, 2.75) is 70.3 Å². The first-order valence-electron chi connectivity index (χ1n) is 10.3. The molecule has 0 spiro atoms. The van der Waals surface area contributed by atoms with Crippen LogP contribution in [0.3, 0.4) is 0 Å². The van der Waals surface area contributed by atoms with Gasteiger partial charge in [-0.05, 0) is 63.1 Å². The molecule has 1 aliphatic heterocycles. The first-order chi connectivity index (χ1) is 13.5. The molecule has 148 valence electrons. The van der Waals surface area contributed by atoms with Crippen LogP contribution in [0.4, 0.5) is 0 Å². The molecule has 1 atom stereocenters. The van der Waals surface area contributed by atoms with Crippen LogP contribution in [0, 0.1) is 0 Å². The molecule has 1 fully saturated rings. The number of dihydropyridines is 1. The van der Waals surface area contributed by atoms with E-state index in [-0.39, 0.29) is 23.6 Å². The van der Waals surface area contributed by atoms with Crippen LogP contribution in [-0.2, 0) is 14.3 Å². The molecule has 1 aromatic rings. The Hall–Kier alpha value is -2.56. The summed E-state index contributed by atoms with van der Waals surface area (Å²) in [6.45, 7) is 1.87. The second kappa shape index (κ2) is 7.82. The van der Waals surface area contributed by atoms with Gasteiger partial charge in [0.1, 0.15) is 11.9 Å². The minimum absolute atomic E-state index is 0.0520. The third kappa shape index (κ3) is 3.58. The molecule has 1 unspecified atom stereocenters. The van der Waals surface area contributed by atoms with Crippen LogP contribution in [0.1, 0.15) is 69.8 Å². The number of Topliss-reactive ketones (excluding diaryl/α,β-unsaturated/α-hetero) is 1. The number of phenols is 1. The average Bonchev–Trinajstić information content (AvgIpc) is 2.68. The van der Waals surface area contributed by atoms with E-state index in [4.69, 9.17) is 4.74 Å². The van der Waals surface area contributed by atoms with Crippen molar-refractivity contribution in [3.8, 4) is 5.75 Å². The molecule has 1 heterocycles. The smallest absolute Gasteiger partial charge is 0.337 e. The third-order valence-electron chi connectivity index (χ3n) is 6.03. The molecule has 0 radical (unpaired) electrons. The lowest BCUT2D eigenvalue weighted by atomic mass is 9.75. The molecule has 0 saturated heterocycles. The van der Waals surface area contributed by atoms with Gasteiger partial charge in [-0.2, -0.15) is 0 Å². The zero-order valence-electron chi connectivity index (χ0n) is 16.3. The summed E-state index contributed by atoms with van der Waals surface area (Å²) < 4.78 is 5.86. The van der Waals surface area contributed by atoms with E-state index in [0.29, 0.717) is 17.6 Å². The average molecular weight is 381 g/mol. The number of carbonyl (C=O) groups is 2. The molecule has 3 aliphatic rings. The Bertz CT molecular complexity index is 861. The molecule has 28 heavy (non-hydrogen) atoms. The van der Waals surface area contributed by atoms with Crippen molar-refractivity contribution in [3.05, 3.63) is 52.4 Å². The first-order valence-corrected chi connectivity index (χ1v) is 10.3. The van der Waals surface area contributed by atoms with Gasteiger partial charge in [0, 0.05) is 29.3 Å². The number of hydrogen-bond acceptors (Lipinski definition) is 5. The summed E-state index contributed by atoms with van der Waals surface area (Å²) in [7, 11) is 0. The largest absolute Gasteiger partial charge is 0.508 e. The van der Waals surface area contributed by atoms with E-state index < -0.39 is 5.92 Å². The molecule has 5 heteroatoms. The zero-order valence-corrected chi connectivity index (χ0v) is 16.3. The Morgan fingerprint density at radius 2 is 1.93 bits per heavy atom. The Morgan fingerprint density at radius 1 is 1.14 bits per heavy atom. The van der Waals surface area contributed by atoms with E-state index >= 15 is 0 Å². The fourth-order valence-electron chi connectivity index (χ4n) is 4.69. The fraction of sp³-hybridized carbons (Fsp3) is 0.478. The molecular weight excluding hydrogens is 354 g/mol. The third-order valence-corrected chi connectivity index (χ3v) is 6.03. The molecule has 0 bridgehead atoms. The lowest BCUT2D eigenvalue weighted by molar-refractivity contribution is -0.146. The minimum Gasteiger partial charge on any atom is -0.508 e. The number of ketones is 1. The Kier molecular flexibility index (Phi) is 5.25. The molecule has 5 nitrogen and oxygen atoms in total. The van der Waals surface area contributed by atoms with Crippen molar-refractivity contribution >= 4 is 11.8 Å². The number of allylic oxidation sites excluding steroid dienone is 3. The van der Waals surface area contributed by atoms with E-state index in [1.807, 2.05) is 13.0 Å². The summed E-state index contributed by atoms with van der Waals surface area (Å²) in [4.78, 5) is 26.0. The maximum absolute atomic E-state index is 13.2. The Labute approximate surface area is 165 Å². The van der Waals surface area contributed by atoms with Crippen molar-refractivity contribution in [2.75, 3.05) is 0 Å². The predicted octanol–water partition coefficient (Wildman–Crippen LogP) is 4.24. The van der Waals surface area contributed by atoms with Gasteiger partial charge in [-0.25, -0.2) is 4.79 Å². The Morgan fingerprint density at radius 3 is 2.68 bits per heavy atom. The number of ether oxygens (including phenoxy) is 1. The van der Waals surface area contributed by atoms with Gasteiger partial charge >= 0.3 is 5.97 Å². The number of rotatable bonds is 3. The molecule has 4 rings (SSSR count). The highest BCUT2D eigenvalue weighted by Crippen LogP contribution is 2.43. The van der Waals surface area contributed by atoms with Crippen LogP contribution < -0.4 is 5.32 Å². The second-order valence-electron chi connectivity index (χ2n) is 8.03. The second-order valence-corrected chi connectivity index (χ2v) is 8.03. The van der Waals surface area contributed by atoms with Crippen molar-refractivity contribution in [2.24, 2.45) is 0 Å². The monoisotopic (exact) mass is 381 g/mol. The SMILES string of the molecule is CC1=C(C(=O)OC2CCCCC2)C(c2cccc(O)c2)C2=C(CCCC2=O)N1. The summed E-state index contributed by atoms with van der Waals surface area (Å²) in [5, 5.41) is 13.3. The highest BCUT2D eigenvalue weighted by atomic mass is 16.5. The summed E-state index contributed by atoms with van der Waals surface area (Å²) >= 11 is 0. The van der Waals surface area contributed by atoms with Crippen LogP contribution in [-0.4, -0.2) is 23.0 Å². The standard InChI is InChI=1S/C23H27NO4/c1-14-20(23(27)28-17-9-3-2-4-10-17)21(15-7-5-8-16(25)13-15)22-18(24-14)11-6-12-19(22)26/h5,7-8,13,17,21,24-25H,2-4,6,9-12H2,1H3. The van der Waals surface area contributed by atoms with Gasteiger partial charge in [-0.15, -0.1) is 0 Å². The van der Waals surface area contributed by atoms with E-state index in [1.54, 1.807) is 18.2 Å². The van der Waals surface area contributed by atoms with Crippen LogP contribution in [0.15, 0.2) is 46.8 Å². The van der Waals surface area contributed by atoms with Gasteiger partial charge in [0.2, 0.25) is 0 Å². The van der Waals surface area contributed by atoms with Gasteiger partial charge in [0.15, 0.2) is 5.78 Å². The lowest BCUT2D eigenvalue weighted by Crippen LogP contribution is -2.35. The highest BCUT2D eigenvalue weighted by Gasteiger charge is 2.39. The van der Waals surface area contributed by atoms with Gasteiger partial charge in [-0.1, -0.05) is 18.6 Å².